The highest BCUT2D eigenvalue weighted by Crippen LogP contribution is 2.31. The van der Waals surface area contributed by atoms with Crippen LogP contribution in [0.2, 0.25) is 0 Å². The number of fused-ring (bicyclic) bond motifs is 1. The van der Waals surface area contributed by atoms with Crippen LogP contribution < -0.4 is 4.74 Å². The Morgan fingerprint density at radius 2 is 2.00 bits per heavy atom. The fourth-order valence-electron chi connectivity index (χ4n) is 3.45. The lowest BCUT2D eigenvalue weighted by Crippen LogP contribution is -2.41. The molecule has 1 aliphatic rings. The largest absolute Gasteiger partial charge is 0.573 e. The van der Waals surface area contributed by atoms with Gasteiger partial charge in [0.1, 0.15) is 11.6 Å². The normalized spacial score (nSPS) is 16.9. The Hall–Kier alpha value is -2.71. The number of ether oxygens (including phenoxy) is 1. The molecule has 6 nitrogen and oxygen atoms in total. The Kier molecular flexibility index (Phi) is 5.29. The molecule has 0 fully saturated rings. The van der Waals surface area contributed by atoms with Crippen LogP contribution in [-0.4, -0.2) is 38.6 Å². The summed E-state index contributed by atoms with van der Waals surface area (Å²) in [6.45, 7) is 2.96. The van der Waals surface area contributed by atoms with E-state index in [9.17, 15) is 23.1 Å². The highest BCUT2D eigenvalue weighted by atomic mass is 19.4. The van der Waals surface area contributed by atoms with Crippen LogP contribution >= 0.6 is 0 Å². The molecular formula is C18H20F3N3O3. The maximum atomic E-state index is 12.2. The van der Waals surface area contributed by atoms with Crippen LogP contribution in [0.5, 0.6) is 5.75 Å². The first-order valence-electron chi connectivity index (χ1n) is 8.67. The van der Waals surface area contributed by atoms with Gasteiger partial charge in [-0.05, 0) is 30.5 Å². The molecule has 0 spiro atoms. The third-order valence-corrected chi connectivity index (χ3v) is 4.68. The van der Waals surface area contributed by atoms with Crippen molar-refractivity contribution in [1.29, 1.82) is 0 Å². The summed E-state index contributed by atoms with van der Waals surface area (Å²) in [5.74, 6) is 0.649. The van der Waals surface area contributed by atoms with Gasteiger partial charge in [-0.2, -0.15) is 0 Å². The molecule has 9 heteroatoms. The first-order chi connectivity index (χ1) is 12.8. The van der Waals surface area contributed by atoms with E-state index in [1.807, 2.05) is 6.92 Å². The number of imidazole rings is 1. The number of alkyl halides is 3. The lowest BCUT2D eigenvalue weighted by atomic mass is 10.0. The molecule has 1 aromatic carbocycles. The summed E-state index contributed by atoms with van der Waals surface area (Å²) in [7, 11) is 0. The maximum Gasteiger partial charge on any atom is 0.573 e. The molecule has 0 saturated carbocycles. The van der Waals surface area contributed by atoms with E-state index in [1.54, 1.807) is 18.3 Å². The highest BCUT2D eigenvalue weighted by Gasteiger charge is 2.33. The fourth-order valence-corrected chi connectivity index (χ4v) is 3.45. The predicted octanol–water partition coefficient (Wildman–Crippen LogP) is 4.01. The Labute approximate surface area is 154 Å². The van der Waals surface area contributed by atoms with Crippen molar-refractivity contribution in [1.82, 2.24) is 14.5 Å². The van der Waals surface area contributed by atoms with E-state index in [1.165, 1.54) is 17.0 Å². The summed E-state index contributed by atoms with van der Waals surface area (Å²) in [6.07, 6.45) is -2.19. The molecule has 0 radical (unpaired) electrons. The summed E-state index contributed by atoms with van der Waals surface area (Å²) < 4.78 is 42.6. The van der Waals surface area contributed by atoms with Gasteiger partial charge in [0.05, 0.1) is 17.9 Å². The minimum atomic E-state index is -4.72. The van der Waals surface area contributed by atoms with Gasteiger partial charge in [0.25, 0.3) is 0 Å². The molecule has 0 aliphatic carbocycles. The number of aryl methyl sites for hydroxylation is 2. The Balaban J connectivity index is 1.73. The topological polar surface area (TPSA) is 67.6 Å². The quantitative estimate of drug-likeness (QED) is 0.847. The Morgan fingerprint density at radius 3 is 2.59 bits per heavy atom. The highest BCUT2D eigenvalue weighted by molar-refractivity contribution is 5.66. The average molecular weight is 383 g/mol. The zero-order valence-corrected chi connectivity index (χ0v) is 14.7. The minimum absolute atomic E-state index is 0.276. The fraction of sp³-hybridized carbons (Fsp3) is 0.444. The monoisotopic (exact) mass is 383 g/mol. The smallest absolute Gasteiger partial charge is 0.465 e. The van der Waals surface area contributed by atoms with Crippen molar-refractivity contribution < 1.29 is 27.8 Å². The summed E-state index contributed by atoms with van der Waals surface area (Å²) in [4.78, 5) is 17.4. The van der Waals surface area contributed by atoms with Gasteiger partial charge in [-0.3, -0.25) is 4.90 Å². The van der Waals surface area contributed by atoms with E-state index in [-0.39, 0.29) is 11.8 Å². The van der Waals surface area contributed by atoms with Gasteiger partial charge >= 0.3 is 12.5 Å². The van der Waals surface area contributed by atoms with E-state index < -0.39 is 12.5 Å². The molecule has 1 unspecified atom stereocenters. The number of carbonyl (C=O) groups is 1. The van der Waals surface area contributed by atoms with Crippen molar-refractivity contribution in [2.75, 3.05) is 6.54 Å². The number of hydrogen-bond acceptors (Lipinski definition) is 3. The van der Waals surface area contributed by atoms with Gasteiger partial charge in [0.2, 0.25) is 0 Å². The van der Waals surface area contributed by atoms with Crippen molar-refractivity contribution in [2.45, 2.75) is 45.1 Å². The molecule has 1 amide bonds. The van der Waals surface area contributed by atoms with Gasteiger partial charge in [0, 0.05) is 19.5 Å². The van der Waals surface area contributed by atoms with Crippen molar-refractivity contribution in [2.24, 2.45) is 0 Å². The number of amides is 1. The number of carboxylic acid groups (broad SMARTS) is 1. The van der Waals surface area contributed by atoms with E-state index in [4.69, 9.17) is 0 Å². The molecule has 27 heavy (non-hydrogen) atoms. The number of halogens is 3. The van der Waals surface area contributed by atoms with E-state index in [0.717, 1.165) is 23.5 Å². The molecule has 146 valence electrons. The van der Waals surface area contributed by atoms with Crippen LogP contribution in [0, 0.1) is 0 Å². The molecule has 2 heterocycles. The molecular weight excluding hydrogens is 363 g/mol. The zero-order valence-electron chi connectivity index (χ0n) is 14.7. The van der Waals surface area contributed by atoms with Crippen LogP contribution in [-0.2, 0) is 19.4 Å². The first kappa shape index (κ1) is 19.1. The summed E-state index contributed by atoms with van der Waals surface area (Å²) >= 11 is 0. The van der Waals surface area contributed by atoms with Crippen molar-refractivity contribution in [3.05, 3.63) is 47.5 Å². The average Bonchev–Trinajstić information content (AvgIpc) is 3.02. The summed E-state index contributed by atoms with van der Waals surface area (Å²) in [5, 5.41) is 9.51. The van der Waals surface area contributed by atoms with Crippen LogP contribution in [0.15, 0.2) is 30.5 Å². The summed E-state index contributed by atoms with van der Waals surface area (Å²) in [6, 6.07) is 5.30. The molecule has 1 aromatic heterocycles. The Morgan fingerprint density at radius 1 is 1.30 bits per heavy atom. The Bertz CT molecular complexity index is 802. The van der Waals surface area contributed by atoms with Crippen molar-refractivity contribution >= 4 is 6.09 Å². The van der Waals surface area contributed by atoms with E-state index in [2.05, 4.69) is 14.3 Å². The maximum absolute atomic E-state index is 12.2. The van der Waals surface area contributed by atoms with Gasteiger partial charge in [-0.25, -0.2) is 9.78 Å². The number of rotatable bonds is 5. The first-order valence-corrected chi connectivity index (χ1v) is 8.67. The second kappa shape index (κ2) is 7.50. The van der Waals surface area contributed by atoms with Gasteiger partial charge in [0.15, 0.2) is 0 Å². The lowest BCUT2D eigenvalue weighted by Gasteiger charge is -2.35. The van der Waals surface area contributed by atoms with Crippen LogP contribution in [0.25, 0.3) is 0 Å². The van der Waals surface area contributed by atoms with Gasteiger partial charge < -0.3 is 14.4 Å². The van der Waals surface area contributed by atoms with Crippen LogP contribution in [0.3, 0.4) is 0 Å². The molecule has 2 aromatic rings. The second-order valence-corrected chi connectivity index (χ2v) is 6.33. The van der Waals surface area contributed by atoms with E-state index in [0.29, 0.717) is 25.9 Å². The zero-order chi connectivity index (χ0) is 19.6. The predicted molar refractivity (Wildman–Crippen MR) is 90.5 cm³/mol. The number of aromatic nitrogens is 2. The van der Waals surface area contributed by atoms with E-state index >= 15 is 0 Å². The third kappa shape index (κ3) is 4.35. The van der Waals surface area contributed by atoms with Gasteiger partial charge in [-0.1, -0.05) is 19.1 Å². The van der Waals surface area contributed by atoms with Crippen LogP contribution in [0.1, 0.15) is 36.5 Å². The van der Waals surface area contributed by atoms with Crippen molar-refractivity contribution in [3.8, 4) is 5.75 Å². The number of hydrogen-bond donors (Lipinski definition) is 1. The second-order valence-electron chi connectivity index (χ2n) is 6.33. The molecule has 0 saturated heterocycles. The molecule has 0 bridgehead atoms. The number of benzene rings is 1. The molecule has 3 rings (SSSR count). The minimum Gasteiger partial charge on any atom is -0.465 e. The van der Waals surface area contributed by atoms with Crippen LogP contribution in [0.4, 0.5) is 18.0 Å². The molecule has 1 aliphatic heterocycles. The van der Waals surface area contributed by atoms with Gasteiger partial charge in [-0.15, -0.1) is 13.2 Å². The van der Waals surface area contributed by atoms with Crippen molar-refractivity contribution in [3.63, 3.8) is 0 Å². The molecule has 1 N–H and O–H groups in total. The standard InChI is InChI=1S/C18H20F3N3O3/c1-2-16-22-11-15-14(24(17(25)26)10-9-23(15)16)8-5-12-3-6-13(7-4-12)27-18(19,20)21/h3-4,6-7,11,14H,2,5,8-10H2,1H3,(H,25,26). The summed E-state index contributed by atoms with van der Waals surface area (Å²) in [5.41, 5.74) is 1.67. The number of nitrogens with zero attached hydrogens (tertiary/aromatic N) is 3. The molecule has 1 atom stereocenters. The third-order valence-electron chi connectivity index (χ3n) is 4.68. The lowest BCUT2D eigenvalue weighted by molar-refractivity contribution is -0.274. The SMILES string of the molecule is CCc1ncc2n1CCN(C(=O)O)C2CCc1ccc(OC(F)(F)F)cc1.